The molecule has 0 aliphatic rings. The Morgan fingerprint density at radius 2 is 2.04 bits per heavy atom. The first-order valence-electron chi connectivity index (χ1n) is 7.87. The van der Waals surface area contributed by atoms with Crippen molar-refractivity contribution in [2.45, 2.75) is 20.1 Å². The predicted molar refractivity (Wildman–Crippen MR) is 98.4 cm³/mol. The zero-order chi connectivity index (χ0) is 17.6. The second-order valence-electron chi connectivity index (χ2n) is 5.30. The summed E-state index contributed by atoms with van der Waals surface area (Å²) in [6, 6.07) is 12.9. The van der Waals surface area contributed by atoms with E-state index in [1.807, 2.05) is 37.3 Å². The number of halogens is 1. The number of carbonyl (C=O) groups excluding carboxylic acids is 1. The number of hydrogen-bond acceptors (Lipinski definition) is 4. The number of rotatable bonds is 7. The fourth-order valence-corrected chi connectivity index (χ4v) is 2.42. The summed E-state index contributed by atoms with van der Waals surface area (Å²) in [6.45, 7) is 3.03. The molecule has 0 unspecified atom stereocenters. The first-order valence-corrected chi connectivity index (χ1v) is 8.66. The summed E-state index contributed by atoms with van der Waals surface area (Å²) in [6.07, 6.45) is 4.88. The molecule has 0 aliphatic carbocycles. The number of ether oxygens (including phenoxy) is 1. The van der Waals surface area contributed by atoms with Crippen LogP contribution in [0.25, 0.3) is 6.08 Å². The molecule has 128 valence electrons. The zero-order valence-electron chi connectivity index (χ0n) is 13.7. The summed E-state index contributed by atoms with van der Waals surface area (Å²) in [4.78, 5) is 12.1. The van der Waals surface area contributed by atoms with Crippen LogP contribution in [0.5, 0.6) is 5.75 Å². The van der Waals surface area contributed by atoms with E-state index in [1.54, 1.807) is 29.1 Å². The lowest BCUT2D eigenvalue weighted by Crippen LogP contribution is -1.99. The van der Waals surface area contributed by atoms with Crippen LogP contribution in [0, 0.1) is 0 Å². The van der Waals surface area contributed by atoms with Crippen molar-refractivity contribution < 1.29 is 13.9 Å². The highest BCUT2D eigenvalue weighted by molar-refractivity contribution is 9.10. The Morgan fingerprint density at radius 3 is 2.76 bits per heavy atom. The summed E-state index contributed by atoms with van der Waals surface area (Å²) in [7, 11) is 0. The number of allylic oxidation sites excluding steroid dienone is 1. The van der Waals surface area contributed by atoms with Crippen LogP contribution in [0.4, 0.5) is 0 Å². The van der Waals surface area contributed by atoms with Gasteiger partial charge < -0.3 is 9.15 Å². The van der Waals surface area contributed by atoms with Gasteiger partial charge in [0.2, 0.25) is 5.78 Å². The Morgan fingerprint density at radius 1 is 1.24 bits per heavy atom. The van der Waals surface area contributed by atoms with E-state index < -0.39 is 0 Å². The second-order valence-corrected chi connectivity index (χ2v) is 6.22. The molecule has 3 rings (SSSR count). The van der Waals surface area contributed by atoms with Gasteiger partial charge in [0.05, 0.1) is 0 Å². The van der Waals surface area contributed by atoms with Crippen LogP contribution in [0.2, 0.25) is 0 Å². The van der Waals surface area contributed by atoms with Crippen molar-refractivity contribution in [3.63, 3.8) is 0 Å². The van der Waals surface area contributed by atoms with Gasteiger partial charge >= 0.3 is 0 Å². The molecule has 0 aliphatic heterocycles. The molecule has 6 heteroatoms. The number of nitrogens with zero attached hydrogens (tertiary/aromatic N) is 2. The van der Waals surface area contributed by atoms with Gasteiger partial charge in [-0.15, -0.1) is 0 Å². The van der Waals surface area contributed by atoms with Crippen LogP contribution in [0.3, 0.4) is 0 Å². The molecule has 0 atom stereocenters. The normalized spacial score (nSPS) is 11.1. The highest BCUT2D eigenvalue weighted by Crippen LogP contribution is 2.18. The van der Waals surface area contributed by atoms with Crippen molar-refractivity contribution >= 4 is 27.8 Å². The minimum atomic E-state index is -0.156. The third-order valence-corrected chi connectivity index (χ3v) is 4.02. The summed E-state index contributed by atoms with van der Waals surface area (Å²) in [5.74, 6) is 1.89. The smallest absolute Gasteiger partial charge is 0.206 e. The van der Waals surface area contributed by atoms with E-state index in [1.165, 1.54) is 6.08 Å². The third kappa shape index (κ3) is 4.70. The van der Waals surface area contributed by atoms with Gasteiger partial charge in [-0.3, -0.25) is 9.48 Å². The highest BCUT2D eigenvalue weighted by Gasteiger charge is 2.06. The van der Waals surface area contributed by atoms with Crippen molar-refractivity contribution in [3.05, 3.63) is 76.4 Å². The molecule has 1 aromatic carbocycles. The maximum atomic E-state index is 12.1. The molecule has 0 spiro atoms. The number of furan rings is 1. The van der Waals surface area contributed by atoms with E-state index >= 15 is 0 Å². The molecule has 0 fully saturated rings. The molecule has 0 N–H and O–H groups in total. The molecule has 2 heterocycles. The maximum Gasteiger partial charge on any atom is 0.206 e. The first-order chi connectivity index (χ1) is 12.1. The fourth-order valence-electron chi connectivity index (χ4n) is 2.16. The number of benzene rings is 1. The van der Waals surface area contributed by atoms with Crippen molar-refractivity contribution in [2.24, 2.45) is 0 Å². The molecular weight excluding hydrogens is 384 g/mol. The van der Waals surface area contributed by atoms with E-state index in [-0.39, 0.29) is 5.78 Å². The SMILES string of the molecule is CCn1ccc(C(=O)/C=C/c2ccc(COc3ccc(Br)cc3)o2)n1. The summed E-state index contributed by atoms with van der Waals surface area (Å²) >= 11 is 3.38. The topological polar surface area (TPSA) is 57.3 Å². The zero-order valence-corrected chi connectivity index (χ0v) is 15.3. The Balaban J connectivity index is 1.57. The lowest BCUT2D eigenvalue weighted by atomic mass is 10.2. The summed E-state index contributed by atoms with van der Waals surface area (Å²) < 4.78 is 14.0. The molecule has 0 bridgehead atoms. The van der Waals surface area contributed by atoms with Gasteiger partial charge in [-0.2, -0.15) is 5.10 Å². The van der Waals surface area contributed by atoms with Crippen LogP contribution in [0.1, 0.15) is 28.9 Å². The molecule has 25 heavy (non-hydrogen) atoms. The molecule has 0 saturated heterocycles. The quantitative estimate of drug-likeness (QED) is 0.424. The van der Waals surface area contributed by atoms with Gasteiger partial charge in [0, 0.05) is 17.2 Å². The lowest BCUT2D eigenvalue weighted by Gasteiger charge is -2.03. The monoisotopic (exact) mass is 400 g/mol. The van der Waals surface area contributed by atoms with E-state index in [0.717, 1.165) is 16.8 Å². The van der Waals surface area contributed by atoms with Crippen LogP contribution in [0.15, 0.2) is 63.6 Å². The number of aryl methyl sites for hydroxylation is 1. The Hall–Kier alpha value is -2.60. The van der Waals surface area contributed by atoms with E-state index in [4.69, 9.17) is 9.15 Å². The molecule has 3 aromatic rings. The Labute approximate surface area is 154 Å². The van der Waals surface area contributed by atoms with Crippen LogP contribution >= 0.6 is 15.9 Å². The van der Waals surface area contributed by atoms with Crippen LogP contribution < -0.4 is 4.74 Å². The van der Waals surface area contributed by atoms with Crippen molar-refractivity contribution in [2.75, 3.05) is 0 Å². The van der Waals surface area contributed by atoms with Gasteiger partial charge in [0.1, 0.15) is 29.6 Å². The summed E-state index contributed by atoms with van der Waals surface area (Å²) in [5.41, 5.74) is 0.420. The van der Waals surface area contributed by atoms with Crippen molar-refractivity contribution in [3.8, 4) is 5.75 Å². The van der Waals surface area contributed by atoms with Gasteiger partial charge in [-0.05, 0) is 61.5 Å². The fraction of sp³-hybridized carbons (Fsp3) is 0.158. The maximum absolute atomic E-state index is 12.1. The minimum absolute atomic E-state index is 0.156. The summed E-state index contributed by atoms with van der Waals surface area (Å²) in [5, 5.41) is 4.18. The molecule has 0 amide bonds. The van der Waals surface area contributed by atoms with Crippen molar-refractivity contribution in [1.29, 1.82) is 0 Å². The molecule has 0 saturated carbocycles. The standard InChI is InChI=1S/C19H17BrN2O3/c1-2-22-12-11-18(21-22)19(23)10-9-16-7-8-17(25-16)13-24-15-5-3-14(20)4-6-15/h3-12H,2,13H2,1H3/b10-9+. The van der Waals surface area contributed by atoms with Crippen LogP contribution in [-0.4, -0.2) is 15.6 Å². The number of ketones is 1. The number of aromatic nitrogens is 2. The lowest BCUT2D eigenvalue weighted by molar-refractivity contribution is 0.104. The third-order valence-electron chi connectivity index (χ3n) is 3.49. The second kappa shape index (κ2) is 7.98. The van der Waals surface area contributed by atoms with E-state index in [0.29, 0.717) is 23.8 Å². The van der Waals surface area contributed by atoms with E-state index in [2.05, 4.69) is 21.0 Å². The minimum Gasteiger partial charge on any atom is -0.486 e. The number of hydrogen-bond donors (Lipinski definition) is 0. The Kier molecular flexibility index (Phi) is 5.50. The number of carbonyl (C=O) groups is 1. The van der Waals surface area contributed by atoms with Gasteiger partial charge in [0.15, 0.2) is 0 Å². The molecule has 2 aromatic heterocycles. The molecular formula is C19H17BrN2O3. The molecule has 5 nitrogen and oxygen atoms in total. The van der Waals surface area contributed by atoms with Crippen LogP contribution in [-0.2, 0) is 13.2 Å². The predicted octanol–water partition coefficient (Wildman–Crippen LogP) is 4.73. The van der Waals surface area contributed by atoms with Gasteiger partial charge in [-0.1, -0.05) is 15.9 Å². The van der Waals surface area contributed by atoms with E-state index in [9.17, 15) is 4.79 Å². The Bertz CT molecular complexity index is 878. The molecule has 0 radical (unpaired) electrons. The average Bonchev–Trinajstić information content (AvgIpc) is 3.28. The van der Waals surface area contributed by atoms with Gasteiger partial charge in [0.25, 0.3) is 0 Å². The highest BCUT2D eigenvalue weighted by atomic mass is 79.9. The van der Waals surface area contributed by atoms with Crippen molar-refractivity contribution in [1.82, 2.24) is 9.78 Å². The largest absolute Gasteiger partial charge is 0.486 e. The first kappa shape index (κ1) is 17.2. The van der Waals surface area contributed by atoms with Gasteiger partial charge in [-0.25, -0.2) is 0 Å². The average molecular weight is 401 g/mol.